The van der Waals surface area contributed by atoms with Gasteiger partial charge in [-0.25, -0.2) is 0 Å². The molecule has 1 aromatic rings. The van der Waals surface area contributed by atoms with Crippen molar-refractivity contribution in [2.24, 2.45) is 0 Å². The van der Waals surface area contributed by atoms with Gasteiger partial charge in [0.2, 0.25) is 0 Å². The fourth-order valence-electron chi connectivity index (χ4n) is 2.41. The summed E-state index contributed by atoms with van der Waals surface area (Å²) in [5.41, 5.74) is 0.734. The van der Waals surface area contributed by atoms with Crippen LogP contribution in [0.25, 0.3) is 0 Å². The minimum Gasteiger partial charge on any atom is -0.349 e. The smallest absolute Gasteiger partial charge is 0.268 e. The van der Waals surface area contributed by atoms with Crippen molar-refractivity contribution < 1.29 is 4.79 Å². The Kier molecular flexibility index (Phi) is 4.66. The number of rotatable bonds is 5. The van der Waals surface area contributed by atoms with E-state index in [-0.39, 0.29) is 16.7 Å². The van der Waals surface area contributed by atoms with Gasteiger partial charge in [-0.2, -0.15) is 11.8 Å². The van der Waals surface area contributed by atoms with Gasteiger partial charge in [-0.05, 0) is 54.9 Å². The van der Waals surface area contributed by atoms with Crippen LogP contribution in [0, 0.1) is 0 Å². The Hall–Kier alpha value is -0.420. The van der Waals surface area contributed by atoms with Crippen LogP contribution in [-0.2, 0) is 0 Å². The molecule has 1 N–H and O–H groups in total. The quantitative estimate of drug-likeness (QED) is 0.880. The van der Waals surface area contributed by atoms with E-state index in [0.717, 1.165) is 16.7 Å². The molecule has 1 aliphatic carbocycles. The highest BCUT2D eigenvalue weighted by Gasteiger charge is 2.36. The zero-order chi connectivity index (χ0) is 14.0. The van der Waals surface area contributed by atoms with E-state index in [1.807, 2.05) is 28.6 Å². The van der Waals surface area contributed by atoms with Crippen molar-refractivity contribution in [3.8, 4) is 0 Å². The van der Waals surface area contributed by atoms with Gasteiger partial charge in [-0.1, -0.05) is 6.42 Å². The second kappa shape index (κ2) is 5.92. The molecule has 0 spiro atoms. The molecule has 106 valence electrons. The number of hydrogen-bond donors (Lipinski definition) is 1. The Morgan fingerprint density at radius 1 is 1.58 bits per heavy atom. The molecule has 2 rings (SSSR count). The molecule has 19 heavy (non-hydrogen) atoms. The van der Waals surface area contributed by atoms with Gasteiger partial charge in [-0.3, -0.25) is 4.79 Å². The molecule has 1 fully saturated rings. The zero-order valence-electron chi connectivity index (χ0n) is 11.7. The first-order valence-corrected chi connectivity index (χ1v) is 8.70. The van der Waals surface area contributed by atoms with Gasteiger partial charge in [0.1, 0.15) is 5.69 Å². The van der Waals surface area contributed by atoms with Gasteiger partial charge in [0.05, 0.1) is 0 Å². The SMILES string of the molecule is CSC1(CNC(=O)c2cc(Br)cn2C(C)C)CCC1. The summed E-state index contributed by atoms with van der Waals surface area (Å²) in [4.78, 5) is 12.3. The standard InChI is InChI=1S/C14H21BrN2OS/c1-10(2)17-8-11(15)7-12(17)13(18)16-9-14(19-3)5-4-6-14/h7-8,10H,4-6,9H2,1-3H3,(H,16,18). The molecule has 0 aromatic carbocycles. The third-order valence-corrected chi connectivity index (χ3v) is 5.73. The van der Waals surface area contributed by atoms with Crippen LogP contribution in [-0.4, -0.2) is 28.0 Å². The molecular formula is C14H21BrN2OS. The zero-order valence-corrected chi connectivity index (χ0v) is 14.1. The van der Waals surface area contributed by atoms with Gasteiger partial charge in [0.25, 0.3) is 5.91 Å². The Morgan fingerprint density at radius 3 is 2.74 bits per heavy atom. The summed E-state index contributed by atoms with van der Waals surface area (Å²) >= 11 is 5.32. The molecule has 0 atom stereocenters. The first kappa shape index (κ1) is 15.0. The highest BCUT2D eigenvalue weighted by Crippen LogP contribution is 2.42. The number of amides is 1. The summed E-state index contributed by atoms with van der Waals surface area (Å²) in [5, 5.41) is 3.10. The fourth-order valence-corrected chi connectivity index (χ4v) is 3.76. The van der Waals surface area contributed by atoms with E-state index in [9.17, 15) is 4.79 Å². The van der Waals surface area contributed by atoms with E-state index >= 15 is 0 Å². The van der Waals surface area contributed by atoms with Crippen LogP contribution in [0.3, 0.4) is 0 Å². The maximum absolute atomic E-state index is 12.3. The van der Waals surface area contributed by atoms with Crippen molar-refractivity contribution in [1.82, 2.24) is 9.88 Å². The lowest BCUT2D eigenvalue weighted by Gasteiger charge is -2.40. The topological polar surface area (TPSA) is 34.0 Å². The van der Waals surface area contributed by atoms with Crippen LogP contribution in [0.15, 0.2) is 16.7 Å². The monoisotopic (exact) mass is 344 g/mol. The van der Waals surface area contributed by atoms with Crippen molar-refractivity contribution in [3.05, 3.63) is 22.4 Å². The summed E-state index contributed by atoms with van der Waals surface area (Å²) < 4.78 is 3.24. The lowest BCUT2D eigenvalue weighted by Crippen LogP contribution is -2.45. The molecule has 0 saturated heterocycles. The minimum absolute atomic E-state index is 0.0275. The van der Waals surface area contributed by atoms with E-state index in [2.05, 4.69) is 41.3 Å². The molecular weight excluding hydrogens is 324 g/mol. The second-order valence-electron chi connectivity index (χ2n) is 5.47. The Bertz CT molecular complexity index is 461. The van der Waals surface area contributed by atoms with Crippen molar-refractivity contribution >= 4 is 33.6 Å². The summed E-state index contributed by atoms with van der Waals surface area (Å²) in [6.07, 6.45) is 7.81. The van der Waals surface area contributed by atoms with E-state index in [4.69, 9.17) is 0 Å². The molecule has 5 heteroatoms. The highest BCUT2D eigenvalue weighted by molar-refractivity contribution is 9.10. The maximum atomic E-state index is 12.3. The Morgan fingerprint density at radius 2 is 2.26 bits per heavy atom. The van der Waals surface area contributed by atoms with Gasteiger partial charge >= 0.3 is 0 Å². The van der Waals surface area contributed by atoms with E-state index < -0.39 is 0 Å². The molecule has 1 aliphatic rings. The third-order valence-electron chi connectivity index (χ3n) is 3.87. The fraction of sp³-hybridized carbons (Fsp3) is 0.643. The number of thioether (sulfide) groups is 1. The Balaban J connectivity index is 2.04. The van der Waals surface area contributed by atoms with E-state index in [1.54, 1.807) is 0 Å². The number of nitrogens with one attached hydrogen (secondary N) is 1. The van der Waals surface area contributed by atoms with Gasteiger partial charge in [0.15, 0.2) is 0 Å². The molecule has 0 radical (unpaired) electrons. The van der Waals surface area contributed by atoms with E-state index in [0.29, 0.717) is 0 Å². The van der Waals surface area contributed by atoms with Crippen LogP contribution in [0.5, 0.6) is 0 Å². The number of nitrogens with zero attached hydrogens (tertiary/aromatic N) is 1. The molecule has 1 amide bonds. The van der Waals surface area contributed by atoms with Crippen LogP contribution >= 0.6 is 27.7 Å². The number of carbonyl (C=O) groups excluding carboxylic acids is 1. The minimum atomic E-state index is 0.0275. The molecule has 1 aromatic heterocycles. The second-order valence-corrected chi connectivity index (χ2v) is 7.66. The number of hydrogen-bond acceptors (Lipinski definition) is 2. The van der Waals surface area contributed by atoms with Crippen LogP contribution in [0.1, 0.15) is 49.6 Å². The molecule has 1 heterocycles. The van der Waals surface area contributed by atoms with Gasteiger partial charge < -0.3 is 9.88 Å². The third kappa shape index (κ3) is 3.19. The summed E-state index contributed by atoms with van der Waals surface area (Å²) in [6.45, 7) is 4.94. The number of carbonyl (C=O) groups is 1. The molecule has 1 saturated carbocycles. The summed E-state index contributed by atoms with van der Waals surface area (Å²) in [7, 11) is 0. The van der Waals surface area contributed by atoms with Crippen LogP contribution in [0.4, 0.5) is 0 Å². The predicted octanol–water partition coefficient (Wildman–Crippen LogP) is 3.85. The van der Waals surface area contributed by atoms with E-state index in [1.165, 1.54) is 19.3 Å². The number of aromatic nitrogens is 1. The molecule has 0 bridgehead atoms. The predicted molar refractivity (Wildman–Crippen MR) is 84.9 cm³/mol. The van der Waals surface area contributed by atoms with Crippen LogP contribution < -0.4 is 5.32 Å². The molecule has 0 unspecified atom stereocenters. The average molecular weight is 345 g/mol. The lowest BCUT2D eigenvalue weighted by atomic mass is 9.84. The van der Waals surface area contributed by atoms with Crippen molar-refractivity contribution in [3.63, 3.8) is 0 Å². The summed E-state index contributed by atoms with van der Waals surface area (Å²) in [5.74, 6) is 0.0275. The largest absolute Gasteiger partial charge is 0.349 e. The first-order valence-electron chi connectivity index (χ1n) is 6.68. The van der Waals surface area contributed by atoms with Gasteiger partial charge in [-0.15, -0.1) is 0 Å². The average Bonchev–Trinajstić information content (AvgIpc) is 2.70. The summed E-state index contributed by atoms with van der Waals surface area (Å²) in [6, 6.07) is 2.17. The Labute approximate surface area is 127 Å². The maximum Gasteiger partial charge on any atom is 0.268 e. The highest BCUT2D eigenvalue weighted by atomic mass is 79.9. The first-order chi connectivity index (χ1) is 8.97. The van der Waals surface area contributed by atoms with Gasteiger partial charge in [0, 0.05) is 28.0 Å². The van der Waals surface area contributed by atoms with Crippen molar-refractivity contribution in [1.29, 1.82) is 0 Å². The van der Waals surface area contributed by atoms with Crippen molar-refractivity contribution in [2.45, 2.75) is 43.9 Å². The lowest BCUT2D eigenvalue weighted by molar-refractivity contribution is 0.0933. The van der Waals surface area contributed by atoms with Crippen LogP contribution in [0.2, 0.25) is 0 Å². The normalized spacial score (nSPS) is 17.3. The molecule has 3 nitrogen and oxygen atoms in total. The number of halogens is 1. The van der Waals surface area contributed by atoms with Crippen molar-refractivity contribution in [2.75, 3.05) is 12.8 Å². The molecule has 0 aliphatic heterocycles.